The van der Waals surface area contributed by atoms with Crippen LogP contribution in [0, 0.1) is 0 Å². The first-order chi connectivity index (χ1) is 8.75. The van der Waals surface area contributed by atoms with Gasteiger partial charge in [-0.15, -0.1) is 0 Å². The van der Waals surface area contributed by atoms with Gasteiger partial charge in [0.25, 0.3) is 0 Å². The second kappa shape index (κ2) is 4.33. The largest absolute Gasteiger partial charge is 0.493 e. The highest BCUT2D eigenvalue weighted by atomic mass is 16.5. The number of nitrogens with zero attached hydrogens (tertiary/aromatic N) is 1. The maximum atomic E-state index is 11.9. The van der Waals surface area contributed by atoms with Crippen molar-refractivity contribution in [2.75, 3.05) is 13.2 Å². The van der Waals surface area contributed by atoms with E-state index in [0.717, 1.165) is 17.7 Å². The third-order valence-corrected chi connectivity index (χ3v) is 3.39. The van der Waals surface area contributed by atoms with E-state index in [9.17, 15) is 9.59 Å². The fourth-order valence-electron chi connectivity index (χ4n) is 2.52. The summed E-state index contributed by atoms with van der Waals surface area (Å²) in [6.45, 7) is 1.07. The molecule has 3 amide bonds. The van der Waals surface area contributed by atoms with Crippen LogP contribution in [-0.4, -0.2) is 30.0 Å². The Kier molecular flexibility index (Phi) is 2.66. The first-order valence-electron chi connectivity index (χ1n) is 6.08. The number of benzene rings is 1. The van der Waals surface area contributed by atoms with Gasteiger partial charge in [-0.25, -0.2) is 4.79 Å². The molecule has 1 saturated heterocycles. The number of rotatable bonds is 1. The topological polar surface area (TPSA) is 58.6 Å². The maximum Gasteiger partial charge on any atom is 0.324 e. The molecular formula is C13H14N2O3. The number of para-hydroxylation sites is 1. The van der Waals surface area contributed by atoms with E-state index in [1.807, 2.05) is 24.3 Å². The van der Waals surface area contributed by atoms with Gasteiger partial charge in [0.15, 0.2) is 0 Å². The lowest BCUT2D eigenvalue weighted by Gasteiger charge is -2.37. The SMILES string of the molecule is O=C1CCN(C2CCOc3ccccc32)C(=O)N1. The molecule has 1 aromatic carbocycles. The summed E-state index contributed by atoms with van der Waals surface area (Å²) in [6, 6.07) is 7.45. The molecule has 0 aromatic heterocycles. The lowest BCUT2D eigenvalue weighted by molar-refractivity contribution is -0.121. The Labute approximate surface area is 105 Å². The molecule has 1 unspecified atom stereocenters. The van der Waals surface area contributed by atoms with Gasteiger partial charge in [0, 0.05) is 24.9 Å². The van der Waals surface area contributed by atoms with E-state index in [2.05, 4.69) is 5.32 Å². The van der Waals surface area contributed by atoms with Gasteiger partial charge >= 0.3 is 6.03 Å². The molecule has 5 nitrogen and oxygen atoms in total. The molecule has 0 aliphatic carbocycles. The molecule has 5 heteroatoms. The molecular weight excluding hydrogens is 232 g/mol. The third kappa shape index (κ3) is 1.81. The van der Waals surface area contributed by atoms with Crippen molar-refractivity contribution in [3.05, 3.63) is 29.8 Å². The maximum absolute atomic E-state index is 11.9. The van der Waals surface area contributed by atoms with Crippen LogP contribution in [0.15, 0.2) is 24.3 Å². The molecule has 0 spiro atoms. The van der Waals surface area contributed by atoms with Crippen LogP contribution >= 0.6 is 0 Å². The molecule has 2 aliphatic heterocycles. The number of urea groups is 1. The smallest absolute Gasteiger partial charge is 0.324 e. The number of fused-ring (bicyclic) bond motifs is 1. The van der Waals surface area contributed by atoms with Crippen LogP contribution in [0.3, 0.4) is 0 Å². The minimum Gasteiger partial charge on any atom is -0.493 e. The molecule has 1 N–H and O–H groups in total. The molecule has 94 valence electrons. The van der Waals surface area contributed by atoms with Crippen molar-refractivity contribution < 1.29 is 14.3 Å². The highest BCUT2D eigenvalue weighted by molar-refractivity contribution is 5.96. The molecule has 0 radical (unpaired) electrons. The number of carbonyl (C=O) groups excluding carboxylic acids is 2. The van der Waals surface area contributed by atoms with Gasteiger partial charge in [-0.1, -0.05) is 18.2 Å². The second-order valence-corrected chi connectivity index (χ2v) is 4.49. The van der Waals surface area contributed by atoms with Crippen LogP contribution in [0.4, 0.5) is 4.79 Å². The summed E-state index contributed by atoms with van der Waals surface area (Å²) in [5.74, 6) is 0.634. The van der Waals surface area contributed by atoms with Gasteiger partial charge in [-0.2, -0.15) is 0 Å². The molecule has 2 aliphatic rings. The Morgan fingerprint density at radius 1 is 1.28 bits per heavy atom. The van der Waals surface area contributed by atoms with Crippen molar-refractivity contribution in [2.24, 2.45) is 0 Å². The summed E-state index contributed by atoms with van der Waals surface area (Å²) >= 11 is 0. The predicted molar refractivity (Wildman–Crippen MR) is 64.2 cm³/mol. The molecule has 0 saturated carbocycles. The zero-order chi connectivity index (χ0) is 12.5. The molecule has 3 rings (SSSR count). The van der Waals surface area contributed by atoms with Crippen LogP contribution in [0.25, 0.3) is 0 Å². The van der Waals surface area contributed by atoms with E-state index in [4.69, 9.17) is 4.74 Å². The number of ether oxygens (including phenoxy) is 1. The lowest BCUT2D eigenvalue weighted by Crippen LogP contribution is -2.51. The normalized spacial score (nSPS) is 23.1. The van der Waals surface area contributed by atoms with E-state index in [0.29, 0.717) is 19.6 Å². The first-order valence-corrected chi connectivity index (χ1v) is 6.08. The molecule has 18 heavy (non-hydrogen) atoms. The fourth-order valence-corrected chi connectivity index (χ4v) is 2.52. The van der Waals surface area contributed by atoms with Crippen LogP contribution in [0.2, 0.25) is 0 Å². The lowest BCUT2D eigenvalue weighted by atomic mass is 9.98. The molecule has 2 heterocycles. The number of nitrogens with one attached hydrogen (secondary N) is 1. The Morgan fingerprint density at radius 3 is 2.94 bits per heavy atom. The van der Waals surface area contributed by atoms with Crippen LogP contribution in [-0.2, 0) is 4.79 Å². The van der Waals surface area contributed by atoms with Crippen molar-refractivity contribution in [1.82, 2.24) is 10.2 Å². The first kappa shape index (κ1) is 11.1. The Hall–Kier alpha value is -2.04. The van der Waals surface area contributed by atoms with Gasteiger partial charge in [0.2, 0.25) is 5.91 Å². The summed E-state index contributed by atoms with van der Waals surface area (Å²) in [4.78, 5) is 24.8. The van der Waals surface area contributed by atoms with Crippen LogP contribution in [0.1, 0.15) is 24.4 Å². The predicted octanol–water partition coefficient (Wildman–Crippen LogP) is 1.45. The number of amides is 3. The van der Waals surface area contributed by atoms with E-state index in [-0.39, 0.29) is 18.0 Å². The van der Waals surface area contributed by atoms with Crippen molar-refractivity contribution >= 4 is 11.9 Å². The van der Waals surface area contributed by atoms with E-state index < -0.39 is 0 Å². The zero-order valence-corrected chi connectivity index (χ0v) is 9.89. The van der Waals surface area contributed by atoms with E-state index in [1.165, 1.54) is 0 Å². The summed E-state index contributed by atoms with van der Waals surface area (Å²) < 4.78 is 5.58. The van der Waals surface area contributed by atoms with Gasteiger partial charge in [0.1, 0.15) is 5.75 Å². The van der Waals surface area contributed by atoms with Crippen molar-refractivity contribution in [1.29, 1.82) is 0 Å². The highest BCUT2D eigenvalue weighted by Crippen LogP contribution is 2.36. The Morgan fingerprint density at radius 2 is 2.11 bits per heavy atom. The fraction of sp³-hybridized carbons (Fsp3) is 0.385. The van der Waals surface area contributed by atoms with Crippen molar-refractivity contribution in [2.45, 2.75) is 18.9 Å². The Balaban J connectivity index is 1.89. The van der Waals surface area contributed by atoms with Gasteiger partial charge in [-0.3, -0.25) is 10.1 Å². The summed E-state index contributed by atoms with van der Waals surface area (Å²) in [6.07, 6.45) is 1.13. The van der Waals surface area contributed by atoms with Gasteiger partial charge < -0.3 is 9.64 Å². The average Bonchev–Trinajstić information content (AvgIpc) is 2.38. The van der Waals surface area contributed by atoms with Crippen LogP contribution in [0.5, 0.6) is 5.75 Å². The molecule has 0 bridgehead atoms. The molecule has 1 fully saturated rings. The van der Waals surface area contributed by atoms with Gasteiger partial charge in [-0.05, 0) is 6.07 Å². The summed E-state index contributed by atoms with van der Waals surface area (Å²) in [5.41, 5.74) is 1.02. The van der Waals surface area contributed by atoms with Crippen molar-refractivity contribution in [3.8, 4) is 5.75 Å². The minimum absolute atomic E-state index is 0.00282. The number of hydrogen-bond acceptors (Lipinski definition) is 3. The molecule has 1 aromatic rings. The van der Waals surface area contributed by atoms with E-state index in [1.54, 1.807) is 4.90 Å². The average molecular weight is 246 g/mol. The van der Waals surface area contributed by atoms with Crippen molar-refractivity contribution in [3.63, 3.8) is 0 Å². The third-order valence-electron chi connectivity index (χ3n) is 3.39. The summed E-state index contributed by atoms with van der Waals surface area (Å²) in [5, 5.41) is 2.36. The minimum atomic E-state index is -0.298. The highest BCUT2D eigenvalue weighted by Gasteiger charge is 2.33. The number of imide groups is 1. The zero-order valence-electron chi connectivity index (χ0n) is 9.89. The quantitative estimate of drug-likeness (QED) is 0.816. The van der Waals surface area contributed by atoms with E-state index >= 15 is 0 Å². The number of carbonyl (C=O) groups is 2. The second-order valence-electron chi connectivity index (χ2n) is 4.49. The number of hydrogen-bond donors (Lipinski definition) is 1. The monoisotopic (exact) mass is 246 g/mol. The standard InChI is InChI=1S/C13H14N2O3/c16-12-5-7-15(13(17)14-12)10-6-8-18-11-4-2-1-3-9(10)11/h1-4,10H,5-8H2,(H,14,16,17). The van der Waals surface area contributed by atoms with Gasteiger partial charge in [0.05, 0.1) is 12.6 Å². The van der Waals surface area contributed by atoms with Crippen LogP contribution < -0.4 is 10.1 Å². The Bertz CT molecular complexity index is 501. The summed E-state index contributed by atoms with van der Waals surface area (Å²) in [7, 11) is 0. The molecule has 1 atom stereocenters.